The number of para-hydroxylation sites is 2. The highest BCUT2D eigenvalue weighted by Gasteiger charge is 2.41. The minimum atomic E-state index is -0.595. The third-order valence-corrected chi connectivity index (χ3v) is 9.61. The average molecular weight is 594 g/mol. The average Bonchev–Trinajstić information content (AvgIpc) is 3.60. The van der Waals surface area contributed by atoms with Crippen molar-refractivity contribution in [1.29, 1.82) is 0 Å². The van der Waals surface area contributed by atoms with Gasteiger partial charge in [-0.05, 0) is 85.1 Å². The van der Waals surface area contributed by atoms with E-state index in [2.05, 4.69) is 47.4 Å². The number of H-pyrrole nitrogens is 1. The maximum atomic E-state index is 14.0. The summed E-state index contributed by atoms with van der Waals surface area (Å²) in [7, 11) is 0. The van der Waals surface area contributed by atoms with E-state index in [-0.39, 0.29) is 36.1 Å². The van der Waals surface area contributed by atoms with Gasteiger partial charge in [0.05, 0.1) is 11.0 Å². The number of hydrogen-bond donors (Lipinski definition) is 2. The molecule has 2 aliphatic heterocycles. The summed E-state index contributed by atoms with van der Waals surface area (Å²) < 4.78 is 14.4. The zero-order chi connectivity index (χ0) is 30.2. The van der Waals surface area contributed by atoms with Gasteiger partial charge in [0.25, 0.3) is 5.91 Å². The van der Waals surface area contributed by atoms with Gasteiger partial charge in [-0.25, -0.2) is 4.79 Å². The van der Waals surface area contributed by atoms with Crippen LogP contribution in [0.3, 0.4) is 0 Å². The molecule has 0 spiro atoms. The highest BCUT2D eigenvalue weighted by atomic mass is 16.7. The molecule has 2 N–H and O–H groups in total. The molecule has 1 fully saturated rings. The quantitative estimate of drug-likeness (QED) is 0.247. The normalized spacial score (nSPS) is 21.5. The van der Waals surface area contributed by atoms with E-state index in [0.717, 1.165) is 17.5 Å². The van der Waals surface area contributed by atoms with E-state index in [9.17, 15) is 14.7 Å². The number of carbonyl (C=O) groups excluding carboxylic acids is 1. The van der Waals surface area contributed by atoms with Crippen LogP contribution in [0, 0.1) is 5.92 Å². The molecule has 4 aromatic rings. The molecule has 3 aromatic carbocycles. The predicted molar refractivity (Wildman–Crippen MR) is 169 cm³/mol. The molecule has 228 valence electrons. The number of piperidine rings is 1. The third kappa shape index (κ3) is 5.06. The second kappa shape index (κ2) is 12.1. The van der Waals surface area contributed by atoms with E-state index in [1.54, 1.807) is 0 Å². The Bertz CT molecular complexity index is 1760. The largest absolute Gasteiger partial charge is 0.459 e. The number of fused-ring (bicyclic) bond motifs is 4. The van der Waals surface area contributed by atoms with Gasteiger partial charge in [-0.15, -0.1) is 0 Å². The molecule has 1 aliphatic carbocycles. The molecule has 8 nitrogen and oxygen atoms in total. The monoisotopic (exact) mass is 593 g/mol. The number of likely N-dealkylation sites (tertiary alicyclic amines) is 1. The highest BCUT2D eigenvalue weighted by Crippen LogP contribution is 2.46. The Kier molecular flexibility index (Phi) is 7.87. The molecule has 3 aliphatic rings. The molecule has 3 atom stereocenters. The van der Waals surface area contributed by atoms with Gasteiger partial charge in [0.1, 0.15) is 0 Å². The molecule has 0 saturated carbocycles. The van der Waals surface area contributed by atoms with Crippen LogP contribution in [0.2, 0.25) is 0 Å². The number of allylic oxidation sites excluding steroid dienone is 1. The molecule has 1 aromatic heterocycles. The van der Waals surface area contributed by atoms with Crippen LogP contribution in [0.1, 0.15) is 61.3 Å². The number of ether oxygens (including phenoxy) is 2. The second-order valence-corrected chi connectivity index (χ2v) is 12.1. The van der Waals surface area contributed by atoms with E-state index in [4.69, 9.17) is 9.47 Å². The molecule has 1 saturated heterocycles. The molecule has 44 heavy (non-hydrogen) atoms. The van der Waals surface area contributed by atoms with Crippen molar-refractivity contribution in [2.75, 3.05) is 26.3 Å². The minimum Gasteiger partial charge on any atom is -0.459 e. The first kappa shape index (κ1) is 28.6. The molecule has 1 amide bonds. The van der Waals surface area contributed by atoms with E-state index in [0.29, 0.717) is 51.1 Å². The van der Waals surface area contributed by atoms with Crippen molar-refractivity contribution in [3.63, 3.8) is 0 Å². The van der Waals surface area contributed by atoms with Crippen LogP contribution in [0.15, 0.2) is 83.4 Å². The molecule has 3 heterocycles. The van der Waals surface area contributed by atoms with E-state index in [1.165, 1.54) is 27.8 Å². The number of aromatic nitrogens is 2. The van der Waals surface area contributed by atoms with Crippen LogP contribution in [-0.2, 0) is 20.7 Å². The van der Waals surface area contributed by atoms with Crippen molar-refractivity contribution in [2.24, 2.45) is 5.92 Å². The van der Waals surface area contributed by atoms with E-state index >= 15 is 0 Å². The summed E-state index contributed by atoms with van der Waals surface area (Å²) in [6.07, 6.45) is 4.97. The molecular weight excluding hydrogens is 554 g/mol. The highest BCUT2D eigenvalue weighted by molar-refractivity contribution is 5.92. The summed E-state index contributed by atoms with van der Waals surface area (Å²) in [6, 6.07) is 22.8. The van der Waals surface area contributed by atoms with E-state index < -0.39 is 6.29 Å². The maximum Gasteiger partial charge on any atom is 0.326 e. The Morgan fingerprint density at radius 1 is 1.02 bits per heavy atom. The van der Waals surface area contributed by atoms with Gasteiger partial charge in [0.15, 0.2) is 5.76 Å². The first-order valence-electron chi connectivity index (χ1n) is 15.9. The van der Waals surface area contributed by atoms with Gasteiger partial charge in [-0.1, -0.05) is 54.6 Å². The maximum absolute atomic E-state index is 14.0. The van der Waals surface area contributed by atoms with Crippen molar-refractivity contribution in [2.45, 2.75) is 57.3 Å². The number of hydrogen-bond acceptors (Lipinski definition) is 5. The lowest BCUT2D eigenvalue weighted by molar-refractivity contribution is -0.170. The Labute approximate surface area is 256 Å². The standard InChI is InChI=1S/C36H39N3O5/c1-2-43-35-28(13-8-20-40)30(27-12-7-11-26-25-10-4-3-9-23(25)21-29(26)27)22-33(44-35)34(41)38-18-16-24(17-19-38)39-32-15-6-5-14-31(32)37-36(39)42/h3-7,9-12,14-15,22,24,28,30,35,40H,2,8,13,16-21H2,1H3,(H,37,42)/t28-,30+,35+/m0/s1. The second-order valence-electron chi connectivity index (χ2n) is 12.1. The van der Waals surface area contributed by atoms with Crippen LogP contribution in [0.5, 0.6) is 0 Å². The van der Waals surface area contributed by atoms with Crippen LogP contribution in [-0.4, -0.2) is 58.1 Å². The Hall–Kier alpha value is -4.14. The lowest BCUT2D eigenvalue weighted by Gasteiger charge is -2.39. The minimum absolute atomic E-state index is 0.0178. The first-order valence-corrected chi connectivity index (χ1v) is 15.9. The molecule has 0 radical (unpaired) electrons. The van der Waals surface area contributed by atoms with Crippen molar-refractivity contribution in [1.82, 2.24) is 14.5 Å². The number of aliphatic hydroxyl groups is 1. The zero-order valence-corrected chi connectivity index (χ0v) is 25.1. The third-order valence-electron chi connectivity index (χ3n) is 9.61. The number of aromatic amines is 1. The number of benzene rings is 3. The lowest BCUT2D eigenvalue weighted by Crippen LogP contribution is -2.44. The number of aliphatic hydroxyl groups excluding tert-OH is 1. The zero-order valence-electron chi connectivity index (χ0n) is 25.1. The summed E-state index contributed by atoms with van der Waals surface area (Å²) in [5.74, 6) is 0.0381. The van der Waals surface area contributed by atoms with Gasteiger partial charge < -0.3 is 24.5 Å². The number of rotatable bonds is 8. The summed E-state index contributed by atoms with van der Waals surface area (Å²) in [4.78, 5) is 31.6. The van der Waals surface area contributed by atoms with Crippen molar-refractivity contribution >= 4 is 16.9 Å². The summed E-state index contributed by atoms with van der Waals surface area (Å²) in [5.41, 5.74) is 7.92. The molecular formula is C36H39N3O5. The van der Waals surface area contributed by atoms with Gasteiger partial charge in [0.2, 0.25) is 6.29 Å². The molecule has 7 rings (SSSR count). The SMILES string of the molecule is CCO[C@@H]1OC(C(=O)N2CCC(n3c(=O)[nH]c4ccccc43)CC2)=C[C@H](c2cccc3c2Cc2ccccc2-3)[C@@H]1CCCO. The summed E-state index contributed by atoms with van der Waals surface area (Å²) in [5, 5.41) is 9.74. The first-order chi connectivity index (χ1) is 21.6. The van der Waals surface area contributed by atoms with Crippen LogP contribution >= 0.6 is 0 Å². The van der Waals surface area contributed by atoms with Crippen LogP contribution in [0.25, 0.3) is 22.2 Å². The summed E-state index contributed by atoms with van der Waals surface area (Å²) >= 11 is 0. The fraction of sp³-hybridized carbons (Fsp3) is 0.389. The number of nitrogens with one attached hydrogen (secondary N) is 1. The fourth-order valence-corrected chi connectivity index (χ4v) is 7.53. The number of imidazole rings is 1. The Morgan fingerprint density at radius 3 is 2.61 bits per heavy atom. The number of amides is 1. The van der Waals surface area contributed by atoms with Crippen molar-refractivity contribution in [3.8, 4) is 11.1 Å². The topological polar surface area (TPSA) is 96.8 Å². The van der Waals surface area contributed by atoms with Gasteiger partial charge in [-0.3, -0.25) is 9.36 Å². The fourth-order valence-electron chi connectivity index (χ4n) is 7.53. The molecule has 0 bridgehead atoms. The summed E-state index contributed by atoms with van der Waals surface area (Å²) in [6.45, 7) is 3.55. The van der Waals surface area contributed by atoms with Crippen LogP contribution < -0.4 is 5.69 Å². The van der Waals surface area contributed by atoms with Crippen molar-refractivity contribution < 1.29 is 19.4 Å². The predicted octanol–water partition coefficient (Wildman–Crippen LogP) is 5.51. The number of carbonyl (C=O) groups is 1. The Morgan fingerprint density at radius 2 is 1.80 bits per heavy atom. The van der Waals surface area contributed by atoms with Crippen molar-refractivity contribution in [3.05, 3.63) is 106 Å². The van der Waals surface area contributed by atoms with E-state index in [1.807, 2.05) is 46.7 Å². The Balaban J connectivity index is 1.18. The number of nitrogens with zero attached hydrogens (tertiary/aromatic N) is 2. The van der Waals surface area contributed by atoms with Gasteiger partial charge >= 0.3 is 5.69 Å². The smallest absolute Gasteiger partial charge is 0.326 e. The van der Waals surface area contributed by atoms with Gasteiger partial charge in [-0.2, -0.15) is 0 Å². The molecule has 8 heteroatoms. The molecule has 0 unspecified atom stereocenters. The van der Waals surface area contributed by atoms with Gasteiger partial charge in [0, 0.05) is 44.2 Å². The lowest BCUT2D eigenvalue weighted by atomic mass is 9.78. The van der Waals surface area contributed by atoms with Crippen LogP contribution in [0.4, 0.5) is 0 Å².